The van der Waals surface area contributed by atoms with Crippen molar-refractivity contribution in [2.24, 2.45) is 5.41 Å². The Morgan fingerprint density at radius 1 is 1.22 bits per heavy atom. The first-order valence-corrected chi connectivity index (χ1v) is 8.07. The lowest BCUT2D eigenvalue weighted by molar-refractivity contribution is -0.128. The molecular weight excluding hydrogens is 292 g/mol. The number of carbonyl (C=O) groups is 1. The first-order chi connectivity index (χ1) is 11.3. The van der Waals surface area contributed by atoms with Gasteiger partial charge in [0.1, 0.15) is 6.33 Å². The van der Waals surface area contributed by atoms with Gasteiger partial charge in [0.15, 0.2) is 0 Å². The Labute approximate surface area is 135 Å². The van der Waals surface area contributed by atoms with Gasteiger partial charge in [0.05, 0.1) is 36.0 Å². The molecule has 4 rings (SSSR count). The summed E-state index contributed by atoms with van der Waals surface area (Å²) in [5.41, 5.74) is 1.72. The van der Waals surface area contributed by atoms with Gasteiger partial charge in [-0.3, -0.25) is 9.69 Å². The van der Waals surface area contributed by atoms with E-state index in [4.69, 9.17) is 4.42 Å². The minimum atomic E-state index is -0.252. The molecule has 2 saturated heterocycles. The van der Waals surface area contributed by atoms with E-state index in [2.05, 4.69) is 14.9 Å². The van der Waals surface area contributed by atoms with Crippen LogP contribution in [0.2, 0.25) is 0 Å². The zero-order valence-electron chi connectivity index (χ0n) is 13.0. The highest BCUT2D eigenvalue weighted by Crippen LogP contribution is 2.41. The average Bonchev–Trinajstić information content (AvgIpc) is 3.19. The number of hydrogen-bond donors (Lipinski definition) is 0. The monoisotopic (exact) mass is 312 g/mol. The van der Waals surface area contributed by atoms with E-state index in [-0.39, 0.29) is 11.3 Å². The first kappa shape index (κ1) is 14.4. The van der Waals surface area contributed by atoms with E-state index < -0.39 is 0 Å². The predicted octanol–water partition coefficient (Wildman–Crippen LogP) is 2.09. The number of likely N-dealkylation sites (tertiary alicyclic amines) is 1. The van der Waals surface area contributed by atoms with Crippen molar-refractivity contribution in [1.82, 2.24) is 14.9 Å². The zero-order chi connectivity index (χ0) is 15.7. The third-order valence-corrected chi connectivity index (χ3v) is 5.01. The Balaban J connectivity index is 1.51. The molecule has 120 valence electrons. The second kappa shape index (κ2) is 5.77. The van der Waals surface area contributed by atoms with Gasteiger partial charge in [-0.25, -0.2) is 9.97 Å². The van der Waals surface area contributed by atoms with Gasteiger partial charge in [-0.15, -0.1) is 0 Å². The van der Waals surface area contributed by atoms with Crippen molar-refractivity contribution in [3.8, 4) is 0 Å². The molecule has 0 bridgehead atoms. The number of nitrogens with zero attached hydrogens (tertiary/aromatic N) is 4. The Bertz CT molecular complexity index is 673. The topological polar surface area (TPSA) is 62.5 Å². The summed E-state index contributed by atoms with van der Waals surface area (Å²) in [7, 11) is 0. The van der Waals surface area contributed by atoms with Crippen LogP contribution >= 0.6 is 0 Å². The Hall–Kier alpha value is -2.21. The van der Waals surface area contributed by atoms with Crippen molar-refractivity contribution in [1.29, 1.82) is 0 Å². The smallest absolute Gasteiger partial charge is 0.234 e. The fraction of sp³-hybridized carbons (Fsp3) is 0.471. The van der Waals surface area contributed by atoms with Crippen LogP contribution in [0.15, 0.2) is 41.7 Å². The van der Waals surface area contributed by atoms with Gasteiger partial charge in [0, 0.05) is 25.2 Å². The van der Waals surface area contributed by atoms with E-state index in [9.17, 15) is 4.79 Å². The lowest BCUT2D eigenvalue weighted by Gasteiger charge is -2.38. The molecule has 0 aliphatic carbocycles. The van der Waals surface area contributed by atoms with Crippen molar-refractivity contribution in [3.05, 3.63) is 42.9 Å². The third-order valence-electron chi connectivity index (χ3n) is 5.01. The van der Waals surface area contributed by atoms with E-state index in [1.165, 1.54) is 11.9 Å². The molecule has 0 saturated carbocycles. The average molecular weight is 312 g/mol. The molecule has 23 heavy (non-hydrogen) atoms. The number of piperidine rings is 1. The van der Waals surface area contributed by atoms with Crippen LogP contribution < -0.4 is 4.90 Å². The van der Waals surface area contributed by atoms with Crippen molar-refractivity contribution in [2.45, 2.75) is 25.8 Å². The summed E-state index contributed by atoms with van der Waals surface area (Å²) >= 11 is 0. The summed E-state index contributed by atoms with van der Waals surface area (Å²) in [5, 5.41) is 0. The summed E-state index contributed by atoms with van der Waals surface area (Å²) in [6.45, 7) is 3.46. The maximum absolute atomic E-state index is 13.1. The van der Waals surface area contributed by atoms with E-state index in [0.29, 0.717) is 0 Å². The fourth-order valence-electron chi connectivity index (χ4n) is 3.88. The number of anilines is 1. The van der Waals surface area contributed by atoms with E-state index in [1.807, 2.05) is 11.0 Å². The molecule has 2 aliphatic rings. The van der Waals surface area contributed by atoms with Crippen LogP contribution in [-0.2, 0) is 11.3 Å². The molecule has 1 spiro atoms. The van der Waals surface area contributed by atoms with Gasteiger partial charge in [0.25, 0.3) is 0 Å². The first-order valence-electron chi connectivity index (χ1n) is 8.07. The van der Waals surface area contributed by atoms with Crippen molar-refractivity contribution in [3.63, 3.8) is 0 Å². The minimum Gasteiger partial charge on any atom is -0.472 e. The SMILES string of the molecule is O=C1N(c2cncnc2)CC[C@]12CCCN(Cc1ccoc1)C2. The molecule has 2 aromatic heterocycles. The van der Waals surface area contributed by atoms with Crippen LogP contribution in [0.5, 0.6) is 0 Å². The highest BCUT2D eigenvalue weighted by atomic mass is 16.3. The molecule has 2 aromatic rings. The van der Waals surface area contributed by atoms with Crippen LogP contribution in [0.3, 0.4) is 0 Å². The summed E-state index contributed by atoms with van der Waals surface area (Å²) < 4.78 is 5.15. The number of amides is 1. The number of aromatic nitrogens is 2. The second-order valence-corrected chi connectivity index (χ2v) is 6.53. The van der Waals surface area contributed by atoms with Gasteiger partial charge >= 0.3 is 0 Å². The van der Waals surface area contributed by atoms with Gasteiger partial charge in [-0.1, -0.05) is 0 Å². The van der Waals surface area contributed by atoms with Gasteiger partial charge in [0.2, 0.25) is 5.91 Å². The van der Waals surface area contributed by atoms with Crippen molar-refractivity contribution < 1.29 is 9.21 Å². The molecule has 0 aromatic carbocycles. The molecular formula is C17H20N4O2. The standard InChI is InChI=1S/C17H20N4O2/c22-16-17(4-6-21(16)15-8-18-13-19-9-15)3-1-5-20(12-17)10-14-2-7-23-11-14/h2,7-9,11,13H,1,3-6,10,12H2/t17-/m0/s1. The highest BCUT2D eigenvalue weighted by Gasteiger charge is 2.49. The van der Waals surface area contributed by atoms with Crippen LogP contribution in [0.25, 0.3) is 0 Å². The Morgan fingerprint density at radius 3 is 2.87 bits per heavy atom. The predicted molar refractivity (Wildman–Crippen MR) is 84.7 cm³/mol. The molecule has 1 amide bonds. The largest absolute Gasteiger partial charge is 0.472 e. The molecule has 0 unspecified atom stereocenters. The second-order valence-electron chi connectivity index (χ2n) is 6.53. The van der Waals surface area contributed by atoms with E-state index in [1.54, 1.807) is 24.9 Å². The lowest BCUT2D eigenvalue weighted by atomic mass is 9.78. The molecule has 0 radical (unpaired) electrons. The molecule has 2 fully saturated rings. The number of rotatable bonds is 3. The quantitative estimate of drug-likeness (QED) is 0.868. The number of furan rings is 1. The van der Waals surface area contributed by atoms with Crippen molar-refractivity contribution >= 4 is 11.6 Å². The van der Waals surface area contributed by atoms with Gasteiger partial charge in [-0.2, -0.15) is 0 Å². The van der Waals surface area contributed by atoms with Crippen molar-refractivity contribution in [2.75, 3.05) is 24.5 Å². The van der Waals surface area contributed by atoms with Crippen LogP contribution in [0.4, 0.5) is 5.69 Å². The number of hydrogen-bond acceptors (Lipinski definition) is 5. The molecule has 4 heterocycles. The van der Waals surface area contributed by atoms with E-state index >= 15 is 0 Å². The van der Waals surface area contributed by atoms with E-state index in [0.717, 1.165) is 51.1 Å². The lowest BCUT2D eigenvalue weighted by Crippen LogP contribution is -2.47. The fourth-order valence-corrected chi connectivity index (χ4v) is 3.88. The normalized spacial score (nSPS) is 25.4. The summed E-state index contributed by atoms with van der Waals surface area (Å²) in [6.07, 6.45) is 11.3. The molecule has 1 atom stereocenters. The highest BCUT2D eigenvalue weighted by molar-refractivity contribution is 5.99. The third kappa shape index (κ3) is 2.63. The van der Waals surface area contributed by atoms with Gasteiger partial charge < -0.3 is 9.32 Å². The number of carbonyl (C=O) groups excluding carboxylic acids is 1. The van der Waals surface area contributed by atoms with Crippen LogP contribution in [-0.4, -0.2) is 40.4 Å². The van der Waals surface area contributed by atoms with Crippen LogP contribution in [0, 0.1) is 5.41 Å². The summed E-state index contributed by atoms with van der Waals surface area (Å²) in [5.74, 6) is 0.226. The Kier molecular flexibility index (Phi) is 3.61. The Morgan fingerprint density at radius 2 is 2.09 bits per heavy atom. The molecule has 6 heteroatoms. The van der Waals surface area contributed by atoms with Gasteiger partial charge in [-0.05, 0) is 31.9 Å². The zero-order valence-corrected chi connectivity index (χ0v) is 13.0. The molecule has 0 N–H and O–H groups in total. The maximum atomic E-state index is 13.1. The maximum Gasteiger partial charge on any atom is 0.234 e. The molecule has 2 aliphatic heterocycles. The summed E-state index contributed by atoms with van der Waals surface area (Å²) in [6, 6.07) is 1.99. The van der Waals surface area contributed by atoms with Crippen LogP contribution in [0.1, 0.15) is 24.8 Å². The molecule has 6 nitrogen and oxygen atoms in total. The minimum absolute atomic E-state index is 0.226. The summed E-state index contributed by atoms with van der Waals surface area (Å²) in [4.78, 5) is 25.3.